The summed E-state index contributed by atoms with van der Waals surface area (Å²) >= 11 is 0. The summed E-state index contributed by atoms with van der Waals surface area (Å²) in [5.41, 5.74) is 0.918. The monoisotopic (exact) mass is 298 g/mol. The van der Waals surface area contributed by atoms with Crippen molar-refractivity contribution < 1.29 is 9.35 Å². The number of hydrogen-bond donors (Lipinski definition) is 1. The van der Waals surface area contributed by atoms with Crippen molar-refractivity contribution in [1.29, 1.82) is 0 Å². The lowest BCUT2D eigenvalue weighted by Crippen LogP contribution is -2.34. The average Bonchev–Trinajstić information content (AvgIpc) is 2.15. The lowest BCUT2D eigenvalue weighted by molar-refractivity contribution is -0.384. The predicted molar refractivity (Wildman–Crippen MR) is 84.0 cm³/mol. The zero-order valence-corrected chi connectivity index (χ0v) is 14.4. The molecule has 0 aliphatic carbocycles. The first-order valence-electron chi connectivity index (χ1n) is 6.24. The molecule has 0 saturated carbocycles. The van der Waals surface area contributed by atoms with Gasteiger partial charge in [-0.3, -0.25) is 10.1 Å². The number of anilines is 1. The molecule has 0 unspecified atom stereocenters. The van der Waals surface area contributed by atoms with Crippen LogP contribution < -0.4 is 9.41 Å². The van der Waals surface area contributed by atoms with Crippen LogP contribution in [0.1, 0.15) is 0 Å². The topological polar surface area (TPSA) is 64.4 Å². The number of nitro groups is 1. The van der Waals surface area contributed by atoms with Gasteiger partial charge in [0.25, 0.3) is 5.69 Å². The number of nitrogens with one attached hydrogen (secondary N) is 1. The maximum atomic E-state index is 10.9. The summed E-state index contributed by atoms with van der Waals surface area (Å²) in [6, 6.07) is 4.77. The summed E-state index contributed by atoms with van der Waals surface area (Å²) in [6.45, 7) is 12.7. The minimum absolute atomic E-state index is 0.0642. The van der Waals surface area contributed by atoms with Crippen molar-refractivity contribution in [2.45, 2.75) is 39.3 Å². The van der Waals surface area contributed by atoms with E-state index in [1.54, 1.807) is 6.07 Å². The quantitative estimate of drug-likeness (QED) is 0.506. The maximum absolute atomic E-state index is 10.9. The Balaban J connectivity index is 3.19. The number of nitro benzene ring substituents is 1. The first kappa shape index (κ1) is 15.7. The van der Waals surface area contributed by atoms with Crippen molar-refractivity contribution in [2.75, 3.05) is 4.98 Å². The van der Waals surface area contributed by atoms with Crippen LogP contribution in [0, 0.1) is 10.1 Å². The highest BCUT2D eigenvalue weighted by atomic mass is 28.4. The van der Waals surface area contributed by atoms with Gasteiger partial charge >= 0.3 is 0 Å². The summed E-state index contributed by atoms with van der Waals surface area (Å²) in [7, 11) is -3.34. The van der Waals surface area contributed by atoms with E-state index < -0.39 is 21.5 Å². The first-order valence-corrected chi connectivity index (χ1v) is 13.1. The molecular formula is C12H22N2O3Si2. The molecule has 0 aliphatic rings. The van der Waals surface area contributed by atoms with Gasteiger partial charge in [0.1, 0.15) is 14.0 Å². The highest BCUT2D eigenvalue weighted by Gasteiger charge is 2.23. The van der Waals surface area contributed by atoms with Crippen LogP contribution >= 0.6 is 0 Å². The van der Waals surface area contributed by atoms with Gasteiger partial charge in [0.2, 0.25) is 8.32 Å². The van der Waals surface area contributed by atoms with Gasteiger partial charge in [-0.25, -0.2) is 0 Å². The van der Waals surface area contributed by atoms with Crippen molar-refractivity contribution in [3.63, 3.8) is 0 Å². The van der Waals surface area contributed by atoms with E-state index in [4.69, 9.17) is 4.43 Å². The summed E-state index contributed by atoms with van der Waals surface area (Å²) < 4.78 is 5.96. The predicted octanol–water partition coefficient (Wildman–Crippen LogP) is 4.06. The van der Waals surface area contributed by atoms with E-state index in [2.05, 4.69) is 44.3 Å². The Hall–Kier alpha value is -1.35. The molecule has 0 aliphatic heterocycles. The summed E-state index contributed by atoms with van der Waals surface area (Å²) in [5.74, 6) is 0.593. The van der Waals surface area contributed by atoms with E-state index in [-0.39, 0.29) is 5.69 Å². The molecule has 0 fully saturated rings. The van der Waals surface area contributed by atoms with Gasteiger partial charge in [-0.15, -0.1) is 0 Å². The third kappa shape index (κ3) is 5.43. The van der Waals surface area contributed by atoms with E-state index in [1.165, 1.54) is 12.1 Å². The van der Waals surface area contributed by atoms with Crippen LogP contribution in [0.25, 0.3) is 0 Å². The van der Waals surface area contributed by atoms with Gasteiger partial charge in [0.05, 0.1) is 16.7 Å². The van der Waals surface area contributed by atoms with Crippen molar-refractivity contribution in [1.82, 2.24) is 0 Å². The van der Waals surface area contributed by atoms with Crippen LogP contribution in [0.5, 0.6) is 5.75 Å². The lowest BCUT2D eigenvalue weighted by atomic mass is 10.2. The Morgan fingerprint density at radius 2 is 1.74 bits per heavy atom. The van der Waals surface area contributed by atoms with Gasteiger partial charge in [0.15, 0.2) is 0 Å². The van der Waals surface area contributed by atoms with Crippen molar-refractivity contribution in [3.8, 4) is 5.75 Å². The smallest absolute Gasteiger partial charge is 0.273 e. The second-order valence-corrected chi connectivity index (χ2v) is 15.7. The molecule has 106 valence electrons. The molecule has 1 N–H and O–H groups in total. The maximum Gasteiger partial charge on any atom is 0.273 e. The summed E-state index contributed by atoms with van der Waals surface area (Å²) in [6.07, 6.45) is 0. The van der Waals surface area contributed by atoms with Gasteiger partial charge in [-0.2, -0.15) is 0 Å². The molecule has 7 heteroatoms. The molecule has 0 bridgehead atoms. The Bertz CT molecular complexity index is 479. The zero-order valence-electron chi connectivity index (χ0n) is 12.4. The van der Waals surface area contributed by atoms with Gasteiger partial charge in [-0.05, 0) is 25.7 Å². The number of non-ortho nitro benzene ring substituents is 1. The van der Waals surface area contributed by atoms with Crippen LogP contribution in [0.15, 0.2) is 18.2 Å². The second kappa shape index (κ2) is 5.34. The SMILES string of the molecule is C[Si](C)(C)Nc1ccc([N+](=O)[O-])cc1O[Si](C)(C)C. The fourth-order valence-electron chi connectivity index (χ4n) is 1.55. The Kier molecular flexibility index (Phi) is 4.41. The minimum atomic E-state index is -1.81. The molecule has 0 spiro atoms. The van der Waals surface area contributed by atoms with Crippen LogP contribution in [0.2, 0.25) is 39.3 Å². The number of benzene rings is 1. The second-order valence-electron chi connectivity index (χ2n) is 6.53. The van der Waals surface area contributed by atoms with Gasteiger partial charge < -0.3 is 9.41 Å². The average molecular weight is 298 g/mol. The molecule has 19 heavy (non-hydrogen) atoms. The van der Waals surface area contributed by atoms with Crippen LogP contribution in [-0.2, 0) is 0 Å². The lowest BCUT2D eigenvalue weighted by Gasteiger charge is -2.26. The Labute approximate surface area is 116 Å². The number of hydrogen-bond acceptors (Lipinski definition) is 4. The van der Waals surface area contributed by atoms with Crippen LogP contribution in [0.3, 0.4) is 0 Å². The number of rotatable bonds is 5. The van der Waals surface area contributed by atoms with Crippen molar-refractivity contribution >= 4 is 27.9 Å². The molecule has 0 radical (unpaired) electrons. The molecule has 1 aromatic carbocycles. The number of nitrogens with zero attached hydrogens (tertiary/aromatic N) is 1. The minimum Gasteiger partial charge on any atom is -0.543 e. The fraction of sp³-hybridized carbons (Fsp3) is 0.500. The Morgan fingerprint density at radius 1 is 1.16 bits per heavy atom. The summed E-state index contributed by atoms with van der Waals surface area (Å²) in [4.78, 5) is 13.9. The van der Waals surface area contributed by atoms with E-state index in [0.29, 0.717) is 5.75 Å². The standard InChI is InChI=1S/C12H22N2O3Si2/c1-18(2,3)13-11-8-7-10(14(15)16)9-12(11)17-19(4,5)6/h7-9,13H,1-6H3. The molecule has 5 nitrogen and oxygen atoms in total. The third-order valence-electron chi connectivity index (χ3n) is 2.10. The molecule has 1 rings (SSSR count). The van der Waals surface area contributed by atoms with Gasteiger partial charge in [-0.1, -0.05) is 19.6 Å². The normalized spacial score (nSPS) is 12.1. The van der Waals surface area contributed by atoms with E-state index >= 15 is 0 Å². The fourth-order valence-corrected chi connectivity index (χ4v) is 3.39. The van der Waals surface area contributed by atoms with E-state index in [1.807, 2.05) is 0 Å². The van der Waals surface area contributed by atoms with Gasteiger partial charge in [0, 0.05) is 6.07 Å². The largest absolute Gasteiger partial charge is 0.543 e. The molecule has 0 heterocycles. The molecule has 0 aromatic heterocycles. The van der Waals surface area contributed by atoms with E-state index in [9.17, 15) is 10.1 Å². The van der Waals surface area contributed by atoms with Crippen LogP contribution in [0.4, 0.5) is 11.4 Å². The Morgan fingerprint density at radius 3 is 2.16 bits per heavy atom. The van der Waals surface area contributed by atoms with Crippen molar-refractivity contribution in [2.24, 2.45) is 0 Å². The van der Waals surface area contributed by atoms with E-state index in [0.717, 1.165) is 5.69 Å². The third-order valence-corrected chi connectivity index (χ3v) is 3.95. The molecule has 0 atom stereocenters. The summed E-state index contributed by atoms with van der Waals surface area (Å²) in [5, 5.41) is 10.9. The highest BCUT2D eigenvalue weighted by Crippen LogP contribution is 2.32. The molecule has 1 aromatic rings. The van der Waals surface area contributed by atoms with Crippen LogP contribution in [-0.4, -0.2) is 21.5 Å². The zero-order chi connectivity index (χ0) is 14.8. The molecule has 0 saturated heterocycles. The molecular weight excluding hydrogens is 276 g/mol. The molecule has 0 amide bonds. The first-order chi connectivity index (χ1) is 8.48. The highest BCUT2D eigenvalue weighted by molar-refractivity contribution is 6.79. The van der Waals surface area contributed by atoms with Crippen molar-refractivity contribution in [3.05, 3.63) is 28.3 Å².